The summed E-state index contributed by atoms with van der Waals surface area (Å²) >= 11 is 4.14. The van der Waals surface area contributed by atoms with Gasteiger partial charge < -0.3 is 30.0 Å². The summed E-state index contributed by atoms with van der Waals surface area (Å²) in [5.74, 6) is -0.224. The predicted octanol–water partition coefficient (Wildman–Crippen LogP) is 0.237. The zero-order chi connectivity index (χ0) is 30.0. The summed E-state index contributed by atoms with van der Waals surface area (Å²) in [6, 6.07) is 0. The minimum absolute atomic E-state index is 0.0436. The Morgan fingerprint density at radius 1 is 0.884 bits per heavy atom. The molecule has 4 aromatic rings. The molecule has 7 heterocycles. The standard InChI is InChI=1S/C20H24N10O10P2S/c21-19-25-15-13(17(31)27-19)23-5-29(15)11-1-7-10(38-11)4-36-42(34,43)40-8-2-12(37-9(8)3-35-41(33)39-7)30-6-24-14-16(30)26-20(22)28-18(14)32/h5-12,41H,1-4H2,(H,34,43)(H3,21,25,27,31)(H3,22,26,28,32)/t7-,8-,9+,10+,11+,12+,42+/m0/s1. The Morgan fingerprint density at radius 3 is 2.00 bits per heavy atom. The van der Waals surface area contributed by atoms with Crippen molar-refractivity contribution in [1.82, 2.24) is 39.0 Å². The molecule has 3 fully saturated rings. The van der Waals surface area contributed by atoms with Crippen molar-refractivity contribution in [1.29, 1.82) is 0 Å². The third-order valence-electron chi connectivity index (χ3n) is 7.17. The molecule has 3 aliphatic heterocycles. The van der Waals surface area contributed by atoms with Gasteiger partial charge in [0.05, 0.1) is 32.0 Å². The van der Waals surface area contributed by atoms with Gasteiger partial charge in [0.1, 0.15) is 30.8 Å². The van der Waals surface area contributed by atoms with E-state index in [2.05, 4.69) is 42.2 Å². The van der Waals surface area contributed by atoms with Crippen LogP contribution in [0, 0.1) is 0 Å². The highest BCUT2D eigenvalue weighted by molar-refractivity contribution is 8.44. The van der Waals surface area contributed by atoms with E-state index in [0.717, 1.165) is 0 Å². The molecule has 43 heavy (non-hydrogen) atoms. The van der Waals surface area contributed by atoms with Gasteiger partial charge in [-0.15, -0.1) is 0 Å². The molecule has 3 aliphatic rings. The van der Waals surface area contributed by atoms with E-state index in [9.17, 15) is 18.7 Å². The monoisotopic (exact) mass is 658 g/mol. The van der Waals surface area contributed by atoms with Gasteiger partial charge in [0.25, 0.3) is 11.1 Å². The van der Waals surface area contributed by atoms with Crippen LogP contribution in [0.2, 0.25) is 0 Å². The SMILES string of the molecule is Nc1nc2c(ncn2[C@H]2C[C@@H]3O[PH](=O)OC[C@H]4O[C@@H](n5cnc6c(=O)[nH]c(N)nc65)C[C@@H]4O[P@](=O)(S)OC[C@H]3O2)c(=O)[nH]1. The quantitative estimate of drug-likeness (QED) is 0.142. The average molecular weight is 658 g/mol. The zero-order valence-electron chi connectivity index (χ0n) is 21.8. The number of anilines is 2. The number of aromatic nitrogens is 8. The van der Waals surface area contributed by atoms with Gasteiger partial charge >= 0.3 is 15.1 Å². The minimum atomic E-state index is -4.03. The number of rotatable bonds is 2. The number of thiol groups is 1. The minimum Gasteiger partial charge on any atom is -0.369 e. The first-order valence-corrected chi connectivity index (χ1v) is 16.7. The number of nitrogens with one attached hydrogen (secondary N) is 2. The second kappa shape index (κ2) is 10.8. The number of hydrogen-bond acceptors (Lipinski definition) is 16. The number of nitrogens with zero attached hydrogens (tertiary/aromatic N) is 6. The van der Waals surface area contributed by atoms with Crippen LogP contribution in [-0.4, -0.2) is 76.7 Å². The van der Waals surface area contributed by atoms with Crippen LogP contribution < -0.4 is 22.6 Å². The third kappa shape index (κ3) is 5.41. The normalized spacial score (nSPS) is 33.7. The molecule has 0 aromatic carbocycles. The lowest BCUT2D eigenvalue weighted by Gasteiger charge is -2.25. The van der Waals surface area contributed by atoms with Gasteiger partial charge in [-0.2, -0.15) is 9.97 Å². The number of imidazole rings is 2. The first kappa shape index (κ1) is 28.6. The van der Waals surface area contributed by atoms with E-state index in [4.69, 9.17) is 39.0 Å². The summed E-state index contributed by atoms with van der Waals surface area (Å²) in [5.41, 5.74) is 10.8. The molecule has 0 amide bonds. The molecule has 0 aliphatic carbocycles. The number of H-pyrrole nitrogens is 2. The van der Waals surface area contributed by atoms with Crippen molar-refractivity contribution in [2.75, 3.05) is 24.7 Å². The van der Waals surface area contributed by atoms with Crippen LogP contribution >= 0.6 is 27.3 Å². The average Bonchev–Trinajstić information content (AvgIpc) is 3.71. The van der Waals surface area contributed by atoms with E-state index < -0.39 is 63.0 Å². The number of nitrogens with two attached hydrogens (primary N) is 2. The van der Waals surface area contributed by atoms with Gasteiger partial charge in [0.2, 0.25) is 11.9 Å². The second-order valence-electron chi connectivity index (χ2n) is 9.91. The summed E-state index contributed by atoms with van der Waals surface area (Å²) in [7, 11) is -3.12. The molecular formula is C20H24N10O10P2S. The van der Waals surface area contributed by atoms with Crippen LogP contribution in [0.25, 0.3) is 22.3 Å². The van der Waals surface area contributed by atoms with E-state index >= 15 is 0 Å². The maximum atomic E-state index is 13.3. The summed E-state index contributed by atoms with van der Waals surface area (Å²) in [5, 5.41) is 0. The topological polar surface area (TPSA) is 269 Å². The van der Waals surface area contributed by atoms with Gasteiger partial charge in [0, 0.05) is 12.8 Å². The molecule has 0 saturated carbocycles. The van der Waals surface area contributed by atoms with E-state index in [1.54, 1.807) is 0 Å². The maximum absolute atomic E-state index is 13.3. The molecule has 23 heteroatoms. The van der Waals surface area contributed by atoms with E-state index in [1.165, 1.54) is 21.8 Å². The second-order valence-corrected chi connectivity index (χ2v) is 13.8. The highest BCUT2D eigenvalue weighted by atomic mass is 32.7. The van der Waals surface area contributed by atoms with E-state index in [-0.39, 0.29) is 60.3 Å². The smallest absolute Gasteiger partial charge is 0.369 e. The Kier molecular flexibility index (Phi) is 7.19. The van der Waals surface area contributed by atoms with Crippen LogP contribution in [0.1, 0.15) is 25.3 Å². The number of ether oxygens (including phenoxy) is 2. The van der Waals surface area contributed by atoms with E-state index in [0.29, 0.717) is 0 Å². The molecular weight excluding hydrogens is 634 g/mol. The van der Waals surface area contributed by atoms with Gasteiger partial charge in [-0.3, -0.25) is 42.3 Å². The number of hydrogen-bond donors (Lipinski definition) is 5. The van der Waals surface area contributed by atoms with Crippen LogP contribution in [0.15, 0.2) is 22.2 Å². The lowest BCUT2D eigenvalue weighted by molar-refractivity contribution is -0.0529. The van der Waals surface area contributed by atoms with Gasteiger partial charge in [-0.1, -0.05) is 12.2 Å². The van der Waals surface area contributed by atoms with Crippen LogP contribution in [0.5, 0.6) is 0 Å². The Bertz CT molecular complexity index is 1910. The third-order valence-corrected chi connectivity index (χ3v) is 9.71. The highest BCUT2D eigenvalue weighted by Crippen LogP contribution is 2.57. The Hall–Kier alpha value is -3.13. The zero-order valence-corrected chi connectivity index (χ0v) is 24.6. The summed E-state index contributed by atoms with van der Waals surface area (Å²) in [6.07, 6.45) is -2.17. The summed E-state index contributed by atoms with van der Waals surface area (Å²) < 4.78 is 63.9. The molecule has 8 atom stereocenters. The van der Waals surface area contributed by atoms with Crippen molar-refractivity contribution >= 4 is 61.5 Å². The first-order chi connectivity index (χ1) is 20.5. The van der Waals surface area contributed by atoms with Crippen molar-refractivity contribution in [3.05, 3.63) is 33.4 Å². The van der Waals surface area contributed by atoms with Gasteiger partial charge in [-0.25, -0.2) is 14.5 Å². The predicted molar refractivity (Wildman–Crippen MR) is 149 cm³/mol. The van der Waals surface area contributed by atoms with Gasteiger partial charge in [-0.05, 0) is 0 Å². The molecule has 0 radical (unpaired) electrons. The van der Waals surface area contributed by atoms with Crippen LogP contribution in [0.4, 0.5) is 11.9 Å². The molecule has 6 N–H and O–H groups in total. The largest absolute Gasteiger partial charge is 0.386 e. The number of aromatic amines is 2. The van der Waals surface area contributed by atoms with Crippen LogP contribution in [-0.2, 0) is 36.7 Å². The molecule has 0 bridgehead atoms. The Balaban J connectivity index is 1.11. The van der Waals surface area contributed by atoms with Crippen molar-refractivity contribution in [3.8, 4) is 0 Å². The van der Waals surface area contributed by atoms with E-state index in [1.807, 2.05) is 0 Å². The molecule has 0 spiro atoms. The summed E-state index contributed by atoms with van der Waals surface area (Å²) in [4.78, 5) is 45.6. The molecule has 4 aromatic heterocycles. The van der Waals surface area contributed by atoms with Crippen molar-refractivity contribution in [2.24, 2.45) is 0 Å². The summed E-state index contributed by atoms with van der Waals surface area (Å²) in [6.45, 7) is -4.62. The number of fused-ring (bicyclic) bond motifs is 4. The molecule has 1 unspecified atom stereocenters. The first-order valence-electron chi connectivity index (χ1n) is 12.8. The Labute approximate surface area is 245 Å². The van der Waals surface area contributed by atoms with Gasteiger partial charge in [0.15, 0.2) is 22.3 Å². The fourth-order valence-corrected chi connectivity index (χ4v) is 7.65. The lowest BCUT2D eigenvalue weighted by atomic mass is 10.2. The fourth-order valence-electron chi connectivity index (χ4n) is 5.26. The van der Waals surface area contributed by atoms with Crippen molar-refractivity contribution < 1.29 is 36.7 Å². The number of nitrogen functional groups attached to an aromatic ring is 2. The fraction of sp³-hybridized carbons (Fsp3) is 0.500. The Morgan fingerprint density at radius 2 is 1.42 bits per heavy atom. The molecule has 3 saturated heterocycles. The lowest BCUT2D eigenvalue weighted by Crippen LogP contribution is -2.31. The molecule has 7 rings (SSSR count). The highest BCUT2D eigenvalue weighted by Gasteiger charge is 2.45. The van der Waals surface area contributed by atoms with Crippen molar-refractivity contribution in [2.45, 2.75) is 49.7 Å². The van der Waals surface area contributed by atoms with Crippen LogP contribution in [0.3, 0.4) is 0 Å². The van der Waals surface area contributed by atoms with Crippen molar-refractivity contribution in [3.63, 3.8) is 0 Å². The maximum Gasteiger partial charge on any atom is 0.386 e. The molecule has 20 nitrogen and oxygen atoms in total. The molecule has 230 valence electrons.